The Kier molecular flexibility index (Phi) is 8.17. The third-order valence-electron chi connectivity index (χ3n) is 6.59. The summed E-state index contributed by atoms with van der Waals surface area (Å²) in [6, 6.07) is 0.535. The van der Waals surface area contributed by atoms with Gasteiger partial charge in [-0.1, -0.05) is 18.2 Å². The van der Waals surface area contributed by atoms with Gasteiger partial charge in [-0.25, -0.2) is 0 Å². The summed E-state index contributed by atoms with van der Waals surface area (Å²) in [5.41, 5.74) is -3.90. The number of allylic oxidation sites excluding steroid dienone is 3. The van der Waals surface area contributed by atoms with Crippen LogP contribution in [0.5, 0.6) is 0 Å². The maximum Gasteiger partial charge on any atom is 0.416 e. The molecule has 1 unspecified atom stereocenters. The van der Waals surface area contributed by atoms with E-state index in [0.717, 1.165) is 19.3 Å². The fourth-order valence-electron chi connectivity index (χ4n) is 5.00. The Hall–Kier alpha value is -2.50. The molecule has 1 aliphatic heterocycles. The predicted molar refractivity (Wildman–Crippen MR) is 111 cm³/mol. The van der Waals surface area contributed by atoms with E-state index in [4.69, 9.17) is 4.74 Å². The number of ether oxygens (including phenoxy) is 1. The van der Waals surface area contributed by atoms with Crippen LogP contribution in [-0.2, 0) is 28.4 Å². The molecule has 0 bridgehead atoms. The van der Waals surface area contributed by atoms with Gasteiger partial charge in [0.1, 0.15) is 0 Å². The first-order chi connectivity index (χ1) is 16.6. The molecule has 3 atom stereocenters. The van der Waals surface area contributed by atoms with E-state index < -0.39 is 71.2 Å². The molecule has 36 heavy (non-hydrogen) atoms. The molecular formula is C24H24F9NO2. The highest BCUT2D eigenvalue weighted by molar-refractivity contribution is 5.69. The van der Waals surface area contributed by atoms with Crippen molar-refractivity contribution < 1.29 is 49.0 Å². The van der Waals surface area contributed by atoms with Crippen LogP contribution in [0.25, 0.3) is 0 Å². The number of methoxy groups -OCH3 is 1. The Morgan fingerprint density at radius 3 is 2.25 bits per heavy atom. The van der Waals surface area contributed by atoms with Crippen LogP contribution in [0.1, 0.15) is 42.4 Å². The van der Waals surface area contributed by atoms with E-state index in [1.165, 1.54) is 6.08 Å². The summed E-state index contributed by atoms with van der Waals surface area (Å²) in [6.07, 6.45) is -10.5. The van der Waals surface area contributed by atoms with Crippen LogP contribution in [0.4, 0.5) is 39.5 Å². The number of piperidine rings is 1. The number of likely N-dealkylation sites (tertiary alicyclic amines) is 1. The molecular weight excluding hydrogens is 505 g/mol. The lowest BCUT2D eigenvalue weighted by Crippen LogP contribution is -2.49. The van der Waals surface area contributed by atoms with Crippen molar-refractivity contribution in [1.82, 2.24) is 4.90 Å². The Morgan fingerprint density at radius 2 is 1.72 bits per heavy atom. The fraction of sp³-hybridized carbons (Fsp3) is 0.542. The lowest BCUT2D eigenvalue weighted by atomic mass is 9.76. The summed E-state index contributed by atoms with van der Waals surface area (Å²) in [5, 5.41) is 0. The van der Waals surface area contributed by atoms with Crippen molar-refractivity contribution in [3.63, 3.8) is 0 Å². The SMILES string of the molecule is COC(=O)C[C@@H]1CCCN(Cc2cc(C(F)(F)F)ccc2C(F)(F)F)[C@H]1C1C=CC(C(F)(F)F)=CC1. The van der Waals surface area contributed by atoms with E-state index in [1.807, 2.05) is 0 Å². The zero-order valence-electron chi connectivity index (χ0n) is 19.1. The first kappa shape index (κ1) is 28.1. The van der Waals surface area contributed by atoms with Crippen LogP contribution >= 0.6 is 0 Å². The maximum atomic E-state index is 13.6. The number of carbonyl (C=O) groups excluding carboxylic acids is 1. The molecule has 0 spiro atoms. The number of hydrogen-bond acceptors (Lipinski definition) is 3. The van der Waals surface area contributed by atoms with E-state index in [-0.39, 0.29) is 19.4 Å². The first-order valence-corrected chi connectivity index (χ1v) is 11.1. The van der Waals surface area contributed by atoms with Gasteiger partial charge in [-0.3, -0.25) is 9.69 Å². The molecule has 3 rings (SSSR count). The van der Waals surface area contributed by atoms with Gasteiger partial charge in [0.05, 0.1) is 23.8 Å². The molecule has 0 saturated carbocycles. The molecule has 0 amide bonds. The van der Waals surface area contributed by atoms with Gasteiger partial charge >= 0.3 is 24.5 Å². The van der Waals surface area contributed by atoms with E-state index in [2.05, 4.69) is 0 Å². The monoisotopic (exact) mass is 529 g/mol. The average Bonchev–Trinajstić information content (AvgIpc) is 2.77. The van der Waals surface area contributed by atoms with Gasteiger partial charge in [-0.15, -0.1) is 0 Å². The second-order valence-corrected chi connectivity index (χ2v) is 8.93. The Balaban J connectivity index is 1.99. The molecule has 1 heterocycles. The topological polar surface area (TPSA) is 29.5 Å². The van der Waals surface area contributed by atoms with Crippen LogP contribution in [0.3, 0.4) is 0 Å². The minimum absolute atomic E-state index is 0.0844. The zero-order valence-corrected chi connectivity index (χ0v) is 19.1. The van der Waals surface area contributed by atoms with Crippen LogP contribution in [-0.4, -0.2) is 36.7 Å². The minimum atomic E-state index is -4.91. The molecule has 0 aromatic heterocycles. The molecule has 12 heteroatoms. The summed E-state index contributed by atoms with van der Waals surface area (Å²) in [7, 11) is 1.16. The molecule has 1 aromatic rings. The molecule has 2 aliphatic rings. The van der Waals surface area contributed by atoms with E-state index in [9.17, 15) is 44.3 Å². The zero-order chi connectivity index (χ0) is 26.9. The van der Waals surface area contributed by atoms with Gasteiger partial charge in [0, 0.05) is 19.0 Å². The number of rotatable bonds is 5. The van der Waals surface area contributed by atoms with Crippen molar-refractivity contribution in [3.8, 4) is 0 Å². The fourth-order valence-corrected chi connectivity index (χ4v) is 5.00. The van der Waals surface area contributed by atoms with E-state index in [0.29, 0.717) is 31.0 Å². The number of benzene rings is 1. The number of esters is 1. The predicted octanol–water partition coefficient (Wildman–Crippen LogP) is 6.93. The van der Waals surface area contributed by atoms with Crippen LogP contribution in [0, 0.1) is 11.8 Å². The Labute approximate surface area is 201 Å². The third-order valence-corrected chi connectivity index (χ3v) is 6.59. The second kappa shape index (κ2) is 10.5. The molecule has 1 saturated heterocycles. The maximum absolute atomic E-state index is 13.6. The number of carbonyl (C=O) groups is 1. The summed E-state index contributed by atoms with van der Waals surface area (Å²) >= 11 is 0. The van der Waals surface area contributed by atoms with Crippen molar-refractivity contribution in [2.45, 2.75) is 56.8 Å². The van der Waals surface area contributed by atoms with Gasteiger partial charge in [0.25, 0.3) is 0 Å². The summed E-state index contributed by atoms with van der Waals surface area (Å²) in [5.74, 6) is -1.65. The van der Waals surface area contributed by atoms with Gasteiger partial charge in [0.2, 0.25) is 0 Å². The van der Waals surface area contributed by atoms with Gasteiger partial charge < -0.3 is 4.74 Å². The number of alkyl halides is 9. The average molecular weight is 529 g/mol. The van der Waals surface area contributed by atoms with Crippen LogP contribution < -0.4 is 0 Å². The van der Waals surface area contributed by atoms with Gasteiger partial charge in [-0.2, -0.15) is 39.5 Å². The quantitative estimate of drug-likeness (QED) is 0.306. The smallest absolute Gasteiger partial charge is 0.416 e. The largest absolute Gasteiger partial charge is 0.469 e. The number of halogens is 9. The van der Waals surface area contributed by atoms with Crippen molar-refractivity contribution in [2.24, 2.45) is 11.8 Å². The standard InChI is InChI=1S/C24H24F9NO2/c1-36-20(35)12-15-3-2-10-34(21(15)14-4-6-17(7-5-14)22(25,26)27)13-16-11-18(23(28,29)30)8-9-19(16)24(31,32)33/h4,6-9,11,14-15,21H,2-3,5,10,12-13H2,1H3/t14?,15-,21-/m0/s1. The lowest BCUT2D eigenvalue weighted by molar-refractivity contribution is -0.143. The van der Waals surface area contributed by atoms with Crippen molar-refractivity contribution in [1.29, 1.82) is 0 Å². The number of hydrogen-bond donors (Lipinski definition) is 0. The highest BCUT2D eigenvalue weighted by Gasteiger charge is 2.42. The van der Waals surface area contributed by atoms with E-state index >= 15 is 0 Å². The highest BCUT2D eigenvalue weighted by Crippen LogP contribution is 2.41. The minimum Gasteiger partial charge on any atom is -0.469 e. The van der Waals surface area contributed by atoms with Gasteiger partial charge in [0.15, 0.2) is 0 Å². The Bertz CT molecular complexity index is 1010. The molecule has 3 nitrogen and oxygen atoms in total. The molecule has 1 aliphatic carbocycles. The van der Waals surface area contributed by atoms with E-state index in [1.54, 1.807) is 4.90 Å². The normalized spacial score (nSPS) is 23.9. The molecule has 1 aromatic carbocycles. The second-order valence-electron chi connectivity index (χ2n) is 8.93. The highest BCUT2D eigenvalue weighted by atomic mass is 19.4. The first-order valence-electron chi connectivity index (χ1n) is 11.1. The van der Waals surface area contributed by atoms with Crippen molar-refractivity contribution >= 4 is 5.97 Å². The number of nitrogens with zero attached hydrogens (tertiary/aromatic N) is 1. The van der Waals surface area contributed by atoms with Crippen LogP contribution in [0.15, 0.2) is 42.0 Å². The Morgan fingerprint density at radius 1 is 1.03 bits per heavy atom. The molecule has 0 N–H and O–H groups in total. The van der Waals surface area contributed by atoms with Crippen molar-refractivity contribution in [3.05, 3.63) is 58.7 Å². The molecule has 200 valence electrons. The van der Waals surface area contributed by atoms with Gasteiger partial charge in [-0.05, 0) is 61.4 Å². The lowest BCUT2D eigenvalue weighted by Gasteiger charge is -2.45. The summed E-state index contributed by atoms with van der Waals surface area (Å²) in [6.45, 7) is -0.308. The molecule has 1 fully saturated rings. The van der Waals surface area contributed by atoms with Crippen LogP contribution in [0.2, 0.25) is 0 Å². The summed E-state index contributed by atoms with van der Waals surface area (Å²) < 4.78 is 125. The third kappa shape index (κ3) is 6.63. The summed E-state index contributed by atoms with van der Waals surface area (Å²) in [4.78, 5) is 13.5. The van der Waals surface area contributed by atoms with Crippen molar-refractivity contribution in [2.75, 3.05) is 13.7 Å². The molecule has 0 radical (unpaired) electrons.